The molecule has 1 amide bonds. The second-order valence-electron chi connectivity index (χ2n) is 10.7. The molecule has 4 aliphatic rings. The maximum atomic E-state index is 13.2. The standard InChI is InChI=1S/C28H32N2O4/c1-17-5-4-6-18(13-17)7-10-24(32)30(3)20-15-23-27-11-12-29(2)22(28(27,33)16-20)14-19-8-9-21(31)26(34-23)25(19)27/h4-10,13,20,22-23,31,33H,11-12,14-16H2,1-3H3/b10-7+/t20?,22-,23?,27-,28-/m1/s1. The lowest BCUT2D eigenvalue weighted by Crippen LogP contribution is -2.77. The van der Waals surface area contributed by atoms with Crippen molar-refractivity contribution in [1.82, 2.24) is 9.80 Å². The van der Waals surface area contributed by atoms with Gasteiger partial charge >= 0.3 is 0 Å². The predicted molar refractivity (Wildman–Crippen MR) is 130 cm³/mol. The van der Waals surface area contributed by atoms with Crippen LogP contribution in [-0.2, 0) is 16.6 Å². The molecule has 2 fully saturated rings. The molecular weight excluding hydrogens is 428 g/mol. The lowest BCUT2D eigenvalue weighted by atomic mass is 9.48. The van der Waals surface area contributed by atoms with E-state index in [1.807, 2.05) is 50.4 Å². The average molecular weight is 461 g/mol. The quantitative estimate of drug-likeness (QED) is 0.689. The summed E-state index contributed by atoms with van der Waals surface area (Å²) in [6, 6.07) is 11.5. The molecule has 2 heterocycles. The van der Waals surface area contributed by atoms with Crippen LogP contribution in [0.3, 0.4) is 0 Å². The molecule has 2 aromatic rings. The Labute approximate surface area is 200 Å². The van der Waals surface area contributed by atoms with Crippen molar-refractivity contribution in [2.75, 3.05) is 20.6 Å². The lowest BCUT2D eigenvalue weighted by molar-refractivity contribution is -0.194. The maximum absolute atomic E-state index is 13.2. The number of aryl methyl sites for hydroxylation is 1. The number of aliphatic hydroxyl groups is 1. The number of benzene rings is 2. The van der Waals surface area contributed by atoms with Crippen LogP contribution in [-0.4, -0.2) is 70.3 Å². The van der Waals surface area contributed by atoms with E-state index in [0.717, 1.165) is 29.7 Å². The fourth-order valence-corrected chi connectivity index (χ4v) is 7.29. The molecule has 2 aliphatic heterocycles. The fourth-order valence-electron chi connectivity index (χ4n) is 7.29. The van der Waals surface area contributed by atoms with E-state index in [2.05, 4.69) is 11.9 Å². The van der Waals surface area contributed by atoms with E-state index in [4.69, 9.17) is 4.74 Å². The van der Waals surface area contributed by atoms with Crippen LogP contribution in [0.2, 0.25) is 0 Å². The SMILES string of the molecule is Cc1cccc(/C=C/C(=O)N(C)C2CC3Oc4c(O)ccc5c4[C@@]34CCN(C)[C@H](C5)[C@]4(O)C2)c1. The van der Waals surface area contributed by atoms with Crippen molar-refractivity contribution in [3.05, 3.63) is 64.7 Å². The van der Waals surface area contributed by atoms with Crippen molar-refractivity contribution >= 4 is 12.0 Å². The largest absolute Gasteiger partial charge is 0.504 e. The van der Waals surface area contributed by atoms with E-state index >= 15 is 0 Å². The summed E-state index contributed by atoms with van der Waals surface area (Å²) in [6.45, 7) is 2.91. The van der Waals surface area contributed by atoms with Gasteiger partial charge in [0.15, 0.2) is 11.5 Å². The van der Waals surface area contributed by atoms with Crippen molar-refractivity contribution in [2.24, 2.45) is 0 Å². The van der Waals surface area contributed by atoms with Crippen molar-refractivity contribution in [2.45, 2.75) is 61.8 Å². The zero-order valence-corrected chi connectivity index (χ0v) is 20.0. The number of aromatic hydroxyl groups is 1. The number of hydrogen-bond donors (Lipinski definition) is 2. The van der Waals surface area contributed by atoms with Gasteiger partial charge in [-0.15, -0.1) is 0 Å². The summed E-state index contributed by atoms with van der Waals surface area (Å²) >= 11 is 0. The fraction of sp³-hybridized carbons (Fsp3) is 0.464. The summed E-state index contributed by atoms with van der Waals surface area (Å²) in [6.07, 6.45) is 5.81. The first kappa shape index (κ1) is 21.7. The van der Waals surface area contributed by atoms with Crippen LogP contribution in [0, 0.1) is 6.92 Å². The van der Waals surface area contributed by atoms with E-state index in [1.165, 1.54) is 5.56 Å². The van der Waals surface area contributed by atoms with E-state index < -0.39 is 11.0 Å². The van der Waals surface area contributed by atoms with Crippen LogP contribution >= 0.6 is 0 Å². The van der Waals surface area contributed by atoms with Crippen LogP contribution in [0.4, 0.5) is 0 Å². The number of phenols is 1. The Kier molecular flexibility index (Phi) is 4.68. The third-order valence-corrected chi connectivity index (χ3v) is 9.00. The molecule has 2 unspecified atom stereocenters. The summed E-state index contributed by atoms with van der Waals surface area (Å²) in [5.41, 5.74) is 2.75. The molecule has 6 nitrogen and oxygen atoms in total. The number of amides is 1. The van der Waals surface area contributed by atoms with Crippen LogP contribution in [0.15, 0.2) is 42.5 Å². The molecule has 1 saturated carbocycles. The first-order chi connectivity index (χ1) is 16.2. The molecule has 1 saturated heterocycles. The Bertz CT molecular complexity index is 1210. The first-order valence-electron chi connectivity index (χ1n) is 12.2. The van der Waals surface area contributed by atoms with Gasteiger partial charge in [-0.3, -0.25) is 4.79 Å². The minimum absolute atomic E-state index is 0.0514. The highest BCUT2D eigenvalue weighted by Crippen LogP contribution is 2.65. The van der Waals surface area contributed by atoms with Crippen molar-refractivity contribution in [1.29, 1.82) is 0 Å². The second-order valence-corrected chi connectivity index (χ2v) is 10.7. The van der Waals surface area contributed by atoms with Crippen molar-refractivity contribution in [3.8, 4) is 11.5 Å². The number of ether oxygens (including phenoxy) is 1. The summed E-state index contributed by atoms with van der Waals surface area (Å²) < 4.78 is 6.43. The Morgan fingerprint density at radius 2 is 2.12 bits per heavy atom. The molecule has 6 heteroatoms. The van der Waals surface area contributed by atoms with Crippen molar-refractivity contribution in [3.63, 3.8) is 0 Å². The molecule has 0 radical (unpaired) electrons. The Morgan fingerprint density at radius 3 is 2.91 bits per heavy atom. The van der Waals surface area contributed by atoms with Gasteiger partial charge in [0.25, 0.3) is 0 Å². The molecule has 1 spiro atoms. The summed E-state index contributed by atoms with van der Waals surface area (Å²) in [4.78, 5) is 17.2. The predicted octanol–water partition coefficient (Wildman–Crippen LogP) is 3.02. The van der Waals surface area contributed by atoms with Gasteiger partial charge in [-0.2, -0.15) is 0 Å². The number of carbonyl (C=O) groups is 1. The van der Waals surface area contributed by atoms with Gasteiger partial charge in [-0.25, -0.2) is 0 Å². The van der Waals surface area contributed by atoms with Gasteiger partial charge in [0.2, 0.25) is 5.91 Å². The van der Waals surface area contributed by atoms with Gasteiger partial charge in [-0.1, -0.05) is 35.9 Å². The minimum atomic E-state index is -1.03. The number of piperidine rings is 1. The normalized spacial score (nSPS) is 33.5. The summed E-state index contributed by atoms with van der Waals surface area (Å²) in [5, 5.41) is 23.1. The summed E-state index contributed by atoms with van der Waals surface area (Å²) in [5.74, 6) is 0.599. The Morgan fingerprint density at radius 1 is 1.29 bits per heavy atom. The molecule has 0 aromatic heterocycles. The number of hydrogen-bond acceptors (Lipinski definition) is 5. The molecular formula is C28H32N2O4. The van der Waals surface area contributed by atoms with E-state index in [0.29, 0.717) is 25.0 Å². The molecule has 5 atom stereocenters. The smallest absolute Gasteiger partial charge is 0.246 e. The third kappa shape index (κ3) is 2.78. The second kappa shape index (κ2) is 7.33. The highest BCUT2D eigenvalue weighted by molar-refractivity contribution is 5.91. The van der Waals surface area contributed by atoms with Gasteiger partial charge in [-0.05, 0) is 63.0 Å². The molecule has 178 valence electrons. The average Bonchev–Trinajstić information content (AvgIpc) is 3.15. The molecule has 2 bridgehead atoms. The number of phenolic OH excluding ortho intramolecular Hbond substituents is 1. The van der Waals surface area contributed by atoms with Gasteiger partial charge < -0.3 is 24.7 Å². The summed E-state index contributed by atoms with van der Waals surface area (Å²) in [7, 11) is 3.90. The van der Waals surface area contributed by atoms with E-state index in [1.54, 1.807) is 17.0 Å². The number of carbonyl (C=O) groups excluding carboxylic acids is 1. The third-order valence-electron chi connectivity index (χ3n) is 9.00. The first-order valence-corrected chi connectivity index (χ1v) is 12.2. The van der Waals surface area contributed by atoms with Crippen LogP contribution in [0.25, 0.3) is 6.08 Å². The molecule has 34 heavy (non-hydrogen) atoms. The van der Waals surface area contributed by atoms with Gasteiger partial charge in [0, 0.05) is 37.2 Å². The number of likely N-dealkylation sites (N-methyl/N-ethyl adjacent to an activating group) is 2. The number of rotatable bonds is 3. The van der Waals surface area contributed by atoms with Crippen LogP contribution in [0.1, 0.15) is 41.5 Å². The van der Waals surface area contributed by atoms with E-state index in [9.17, 15) is 15.0 Å². The topological polar surface area (TPSA) is 73.2 Å². The van der Waals surface area contributed by atoms with Gasteiger partial charge in [0.05, 0.1) is 11.0 Å². The molecule has 6 rings (SSSR count). The van der Waals surface area contributed by atoms with Crippen LogP contribution < -0.4 is 4.74 Å². The zero-order valence-electron chi connectivity index (χ0n) is 20.0. The lowest BCUT2D eigenvalue weighted by Gasteiger charge is -2.64. The van der Waals surface area contributed by atoms with E-state index in [-0.39, 0.29) is 29.8 Å². The molecule has 2 aliphatic carbocycles. The number of nitrogens with zero attached hydrogens (tertiary/aromatic N) is 2. The molecule has 2 aromatic carbocycles. The zero-order chi connectivity index (χ0) is 23.8. The molecule has 2 N–H and O–H groups in total. The number of likely N-dealkylation sites (tertiary alicyclic amines) is 1. The van der Waals surface area contributed by atoms with Crippen LogP contribution in [0.5, 0.6) is 11.5 Å². The Balaban J connectivity index is 1.34. The highest BCUT2D eigenvalue weighted by Gasteiger charge is 2.72. The Hall–Kier alpha value is -2.83. The van der Waals surface area contributed by atoms with Crippen molar-refractivity contribution < 1.29 is 19.7 Å². The van der Waals surface area contributed by atoms with Gasteiger partial charge in [0.1, 0.15) is 6.10 Å². The minimum Gasteiger partial charge on any atom is -0.504 e. The monoisotopic (exact) mass is 460 g/mol. The highest BCUT2D eigenvalue weighted by atomic mass is 16.5. The maximum Gasteiger partial charge on any atom is 0.246 e.